The lowest BCUT2D eigenvalue weighted by Crippen LogP contribution is -2.13. The molecule has 0 radical (unpaired) electrons. The number of anilines is 2. The Morgan fingerprint density at radius 1 is 1.10 bits per heavy atom. The minimum atomic E-state index is -3.80. The standard InChI is InChI=1S/C14H12ClN3O2S/c1-17-11-3-5-12(6-4-11)18-21(19,20)14-7-2-10(9-16)8-13(14)15/h2-8,17-18H,1H3. The maximum Gasteiger partial charge on any atom is 0.263 e. The van der Waals surface area contributed by atoms with Gasteiger partial charge in [0.25, 0.3) is 10.0 Å². The zero-order valence-corrected chi connectivity index (χ0v) is 12.7. The highest BCUT2D eigenvalue weighted by Gasteiger charge is 2.18. The lowest BCUT2D eigenvalue weighted by Gasteiger charge is -2.10. The van der Waals surface area contributed by atoms with Gasteiger partial charge in [-0.25, -0.2) is 8.42 Å². The van der Waals surface area contributed by atoms with Crippen LogP contribution in [0.4, 0.5) is 11.4 Å². The second-order valence-electron chi connectivity index (χ2n) is 4.19. The van der Waals surface area contributed by atoms with E-state index in [0.29, 0.717) is 11.3 Å². The molecule has 2 N–H and O–H groups in total. The summed E-state index contributed by atoms with van der Waals surface area (Å²) in [6, 6.07) is 12.7. The average molecular weight is 322 g/mol. The van der Waals surface area contributed by atoms with E-state index in [0.717, 1.165) is 5.69 Å². The third-order valence-corrected chi connectivity index (χ3v) is 4.64. The highest BCUT2D eigenvalue weighted by molar-refractivity contribution is 7.92. The molecule has 0 spiro atoms. The fraction of sp³-hybridized carbons (Fsp3) is 0.0714. The third-order valence-electron chi connectivity index (χ3n) is 2.78. The highest BCUT2D eigenvalue weighted by atomic mass is 35.5. The largest absolute Gasteiger partial charge is 0.388 e. The molecule has 0 saturated carbocycles. The molecule has 0 saturated heterocycles. The molecule has 2 rings (SSSR count). The number of hydrogen-bond acceptors (Lipinski definition) is 4. The Balaban J connectivity index is 2.31. The Hall–Kier alpha value is -2.23. The van der Waals surface area contributed by atoms with Gasteiger partial charge in [-0.15, -0.1) is 0 Å². The summed E-state index contributed by atoms with van der Waals surface area (Å²) in [6.07, 6.45) is 0. The Labute approximate surface area is 128 Å². The minimum absolute atomic E-state index is 0.00777. The molecule has 7 heteroatoms. The van der Waals surface area contributed by atoms with Crippen molar-refractivity contribution < 1.29 is 8.42 Å². The van der Waals surface area contributed by atoms with Gasteiger partial charge in [-0.05, 0) is 42.5 Å². The maximum atomic E-state index is 12.3. The van der Waals surface area contributed by atoms with E-state index in [1.54, 1.807) is 31.3 Å². The van der Waals surface area contributed by atoms with E-state index in [9.17, 15) is 8.42 Å². The molecule has 0 aliphatic carbocycles. The van der Waals surface area contributed by atoms with Crippen LogP contribution < -0.4 is 10.0 Å². The third kappa shape index (κ3) is 3.45. The van der Waals surface area contributed by atoms with Crippen LogP contribution >= 0.6 is 11.6 Å². The molecule has 0 aliphatic heterocycles. The number of benzene rings is 2. The summed E-state index contributed by atoms with van der Waals surface area (Å²) in [5.41, 5.74) is 1.60. The summed E-state index contributed by atoms with van der Waals surface area (Å²) in [5, 5.41) is 11.7. The Bertz CT molecular complexity index is 796. The fourth-order valence-electron chi connectivity index (χ4n) is 1.70. The predicted octanol–water partition coefficient (Wildman–Crippen LogP) is 3.05. The van der Waals surface area contributed by atoms with Crippen LogP contribution in [0, 0.1) is 11.3 Å². The average Bonchev–Trinajstić information content (AvgIpc) is 2.47. The van der Waals surface area contributed by atoms with Crippen LogP contribution in [0.15, 0.2) is 47.4 Å². The monoisotopic (exact) mass is 321 g/mol. The van der Waals surface area contributed by atoms with Gasteiger partial charge in [0.15, 0.2) is 0 Å². The molecule has 0 atom stereocenters. The molecule has 0 fully saturated rings. The molecule has 2 aromatic carbocycles. The van der Waals surface area contributed by atoms with E-state index in [1.807, 2.05) is 6.07 Å². The minimum Gasteiger partial charge on any atom is -0.388 e. The molecule has 0 amide bonds. The lowest BCUT2D eigenvalue weighted by atomic mass is 10.2. The number of halogens is 1. The summed E-state index contributed by atoms with van der Waals surface area (Å²) >= 11 is 5.93. The number of nitriles is 1. The van der Waals surface area contributed by atoms with Crippen LogP contribution in [0.25, 0.3) is 0 Å². The van der Waals surface area contributed by atoms with Crippen LogP contribution in [0.5, 0.6) is 0 Å². The molecule has 108 valence electrons. The number of hydrogen-bond donors (Lipinski definition) is 2. The first kappa shape index (κ1) is 15.2. The van der Waals surface area contributed by atoms with Crippen LogP contribution in [0.1, 0.15) is 5.56 Å². The van der Waals surface area contributed by atoms with Crippen molar-refractivity contribution in [1.82, 2.24) is 0 Å². The van der Waals surface area contributed by atoms with Gasteiger partial charge in [0.1, 0.15) is 4.90 Å². The Morgan fingerprint density at radius 3 is 2.24 bits per heavy atom. The molecule has 2 aromatic rings. The Morgan fingerprint density at radius 2 is 1.71 bits per heavy atom. The maximum absolute atomic E-state index is 12.3. The molecule has 0 heterocycles. The Kier molecular flexibility index (Phi) is 4.36. The predicted molar refractivity (Wildman–Crippen MR) is 83.0 cm³/mol. The number of nitrogens with zero attached hydrogens (tertiary/aromatic N) is 1. The van der Waals surface area contributed by atoms with Gasteiger partial charge in [-0.3, -0.25) is 4.72 Å². The van der Waals surface area contributed by atoms with Crippen LogP contribution in [-0.4, -0.2) is 15.5 Å². The van der Waals surface area contributed by atoms with Gasteiger partial charge in [-0.2, -0.15) is 5.26 Å². The van der Waals surface area contributed by atoms with Crippen molar-refractivity contribution in [2.75, 3.05) is 17.1 Å². The zero-order valence-electron chi connectivity index (χ0n) is 11.1. The first-order valence-electron chi connectivity index (χ1n) is 5.96. The van der Waals surface area contributed by atoms with E-state index in [1.165, 1.54) is 18.2 Å². The molecule has 21 heavy (non-hydrogen) atoms. The second kappa shape index (κ2) is 6.04. The molecule has 0 aromatic heterocycles. The number of rotatable bonds is 4. The molecule has 0 aliphatic rings. The molecular formula is C14H12ClN3O2S. The van der Waals surface area contributed by atoms with Crippen molar-refractivity contribution in [2.45, 2.75) is 4.90 Å². The van der Waals surface area contributed by atoms with Gasteiger partial charge < -0.3 is 5.32 Å². The molecule has 5 nitrogen and oxygen atoms in total. The summed E-state index contributed by atoms with van der Waals surface area (Å²) in [6.45, 7) is 0. The zero-order chi connectivity index (χ0) is 15.5. The van der Waals surface area contributed by atoms with Gasteiger partial charge in [-0.1, -0.05) is 11.6 Å². The van der Waals surface area contributed by atoms with Crippen LogP contribution in [-0.2, 0) is 10.0 Å². The van der Waals surface area contributed by atoms with Crippen molar-refractivity contribution in [3.8, 4) is 6.07 Å². The fourth-order valence-corrected chi connectivity index (χ4v) is 3.31. The van der Waals surface area contributed by atoms with E-state index >= 15 is 0 Å². The number of nitrogens with one attached hydrogen (secondary N) is 2. The molecular weight excluding hydrogens is 310 g/mol. The van der Waals surface area contributed by atoms with E-state index in [2.05, 4.69) is 10.0 Å². The van der Waals surface area contributed by atoms with Gasteiger partial charge in [0.2, 0.25) is 0 Å². The normalized spacial score (nSPS) is 10.7. The van der Waals surface area contributed by atoms with Gasteiger partial charge >= 0.3 is 0 Å². The highest BCUT2D eigenvalue weighted by Crippen LogP contribution is 2.25. The van der Waals surface area contributed by atoms with Crippen molar-refractivity contribution >= 4 is 33.0 Å². The van der Waals surface area contributed by atoms with Crippen molar-refractivity contribution in [3.63, 3.8) is 0 Å². The van der Waals surface area contributed by atoms with E-state index in [4.69, 9.17) is 16.9 Å². The van der Waals surface area contributed by atoms with Crippen molar-refractivity contribution in [1.29, 1.82) is 5.26 Å². The molecule has 0 unspecified atom stereocenters. The van der Waals surface area contributed by atoms with Crippen molar-refractivity contribution in [2.24, 2.45) is 0 Å². The summed E-state index contributed by atoms with van der Waals surface area (Å²) in [5.74, 6) is 0. The smallest absolute Gasteiger partial charge is 0.263 e. The van der Waals surface area contributed by atoms with Gasteiger partial charge in [0, 0.05) is 18.4 Å². The number of sulfonamides is 1. The van der Waals surface area contributed by atoms with E-state index in [-0.39, 0.29) is 9.92 Å². The topological polar surface area (TPSA) is 82.0 Å². The summed E-state index contributed by atoms with van der Waals surface area (Å²) < 4.78 is 27.0. The first-order valence-corrected chi connectivity index (χ1v) is 7.82. The van der Waals surface area contributed by atoms with Crippen molar-refractivity contribution in [3.05, 3.63) is 53.1 Å². The lowest BCUT2D eigenvalue weighted by molar-refractivity contribution is 0.601. The van der Waals surface area contributed by atoms with E-state index < -0.39 is 10.0 Å². The quantitative estimate of drug-likeness (QED) is 0.906. The second-order valence-corrected chi connectivity index (χ2v) is 6.25. The van der Waals surface area contributed by atoms with Crippen LogP contribution in [0.2, 0.25) is 5.02 Å². The summed E-state index contributed by atoms with van der Waals surface area (Å²) in [7, 11) is -2.03. The van der Waals surface area contributed by atoms with Crippen LogP contribution in [0.3, 0.4) is 0 Å². The SMILES string of the molecule is CNc1ccc(NS(=O)(=O)c2ccc(C#N)cc2Cl)cc1. The first-order chi connectivity index (χ1) is 9.96. The van der Waals surface area contributed by atoms with Gasteiger partial charge in [0.05, 0.1) is 16.7 Å². The summed E-state index contributed by atoms with van der Waals surface area (Å²) in [4.78, 5) is -0.0686. The molecule has 0 bridgehead atoms.